The van der Waals surface area contributed by atoms with Gasteiger partial charge in [0.1, 0.15) is 17.2 Å². The van der Waals surface area contributed by atoms with Gasteiger partial charge in [-0.2, -0.15) is 0 Å². The third-order valence-corrected chi connectivity index (χ3v) is 4.49. The van der Waals surface area contributed by atoms with E-state index in [1.54, 1.807) is 6.92 Å². The van der Waals surface area contributed by atoms with Crippen LogP contribution in [-0.2, 0) is 6.42 Å². The minimum absolute atomic E-state index is 0.0132. The summed E-state index contributed by atoms with van der Waals surface area (Å²) in [6.45, 7) is 2.80. The minimum Gasteiger partial charge on any atom is -0.477 e. The number of hydrogen-bond donors (Lipinski definition) is 1. The maximum absolute atomic E-state index is 14.5. The smallest absolute Gasteiger partial charge is 0.341 e. The molecule has 0 saturated carbocycles. The summed E-state index contributed by atoms with van der Waals surface area (Å²) in [5, 5.41) is 8.64. The van der Waals surface area contributed by atoms with Gasteiger partial charge in [0, 0.05) is 17.3 Å². The van der Waals surface area contributed by atoms with Crippen LogP contribution in [0.5, 0.6) is 0 Å². The van der Waals surface area contributed by atoms with Crippen LogP contribution in [0.25, 0.3) is 16.7 Å². The Morgan fingerprint density at radius 1 is 1.30 bits per heavy atom. The van der Waals surface area contributed by atoms with Crippen molar-refractivity contribution >= 4 is 28.6 Å². The summed E-state index contributed by atoms with van der Waals surface area (Å²) in [7, 11) is 0. The Labute approximate surface area is 155 Å². The average Bonchev–Trinajstić information content (AvgIpc) is 2.59. The molecule has 1 aromatic carbocycles. The fraction of sp³-hybridized carbons (Fsp3) is 0.167. The highest BCUT2D eigenvalue weighted by atomic mass is 35.5. The number of aryl methyl sites for hydroxylation is 1. The molecule has 0 aliphatic rings. The van der Waals surface area contributed by atoms with Crippen LogP contribution in [0.2, 0.25) is 5.15 Å². The normalized spacial score (nSPS) is 11.2. The van der Waals surface area contributed by atoms with Crippen LogP contribution < -0.4 is 5.43 Å². The molecule has 5 nitrogen and oxygen atoms in total. The summed E-state index contributed by atoms with van der Waals surface area (Å²) in [6.07, 6.45) is 0.0132. The quantitative estimate of drug-likeness (QED) is 0.678. The standard InChI is InChI=1S/C18H12ClF3N2O3/c1-3-10-13(18(26)27)15(25)12-7(2)14(22)16(19)23-17(12)24(10)11-5-4-8(20)6-9(11)21/h4-6H,3H2,1-2H3,(H,26,27). The molecule has 2 aromatic heterocycles. The van der Waals surface area contributed by atoms with Crippen molar-refractivity contribution in [2.75, 3.05) is 0 Å². The lowest BCUT2D eigenvalue weighted by molar-refractivity contribution is 0.0693. The van der Waals surface area contributed by atoms with Crippen LogP contribution in [0.3, 0.4) is 0 Å². The summed E-state index contributed by atoms with van der Waals surface area (Å²) in [5.74, 6) is -4.38. The number of carboxylic acid groups (broad SMARTS) is 1. The van der Waals surface area contributed by atoms with Crippen molar-refractivity contribution in [3.63, 3.8) is 0 Å². The first kappa shape index (κ1) is 18.9. The predicted octanol–water partition coefficient (Wildman–Crippen LogP) is 4.03. The van der Waals surface area contributed by atoms with Gasteiger partial charge in [0.25, 0.3) is 0 Å². The first-order chi connectivity index (χ1) is 12.7. The zero-order valence-corrected chi connectivity index (χ0v) is 14.9. The van der Waals surface area contributed by atoms with Crippen molar-refractivity contribution in [1.82, 2.24) is 9.55 Å². The third-order valence-electron chi connectivity index (χ3n) is 4.24. The zero-order valence-electron chi connectivity index (χ0n) is 14.1. The Balaban J connectivity index is 2.68. The zero-order chi connectivity index (χ0) is 20.0. The molecule has 0 bridgehead atoms. The second kappa shape index (κ2) is 6.70. The second-order valence-corrected chi connectivity index (χ2v) is 6.14. The van der Waals surface area contributed by atoms with E-state index in [4.69, 9.17) is 11.6 Å². The van der Waals surface area contributed by atoms with Gasteiger partial charge in [-0.3, -0.25) is 9.36 Å². The number of carbonyl (C=O) groups is 1. The summed E-state index contributed by atoms with van der Waals surface area (Å²) in [4.78, 5) is 28.3. The Kier molecular flexibility index (Phi) is 4.69. The van der Waals surface area contributed by atoms with Gasteiger partial charge in [0.15, 0.2) is 16.6 Å². The Morgan fingerprint density at radius 2 is 1.96 bits per heavy atom. The number of aromatic nitrogens is 2. The van der Waals surface area contributed by atoms with Gasteiger partial charge in [0.05, 0.1) is 11.1 Å². The third kappa shape index (κ3) is 2.86. The van der Waals surface area contributed by atoms with E-state index in [0.29, 0.717) is 6.07 Å². The maximum atomic E-state index is 14.5. The molecule has 0 fully saturated rings. The van der Waals surface area contributed by atoms with Gasteiger partial charge >= 0.3 is 5.97 Å². The Morgan fingerprint density at radius 3 is 2.52 bits per heavy atom. The first-order valence-electron chi connectivity index (χ1n) is 7.80. The predicted molar refractivity (Wildman–Crippen MR) is 93.3 cm³/mol. The van der Waals surface area contributed by atoms with E-state index in [0.717, 1.165) is 16.7 Å². The van der Waals surface area contributed by atoms with E-state index in [9.17, 15) is 27.9 Å². The van der Waals surface area contributed by atoms with E-state index < -0.39 is 39.6 Å². The summed E-state index contributed by atoms with van der Waals surface area (Å²) in [6, 6.07) is 2.66. The van der Waals surface area contributed by atoms with Crippen molar-refractivity contribution in [3.05, 3.63) is 67.8 Å². The van der Waals surface area contributed by atoms with Gasteiger partial charge in [-0.05, 0) is 25.5 Å². The number of benzene rings is 1. The molecule has 3 aromatic rings. The molecule has 140 valence electrons. The second-order valence-electron chi connectivity index (χ2n) is 5.78. The van der Waals surface area contributed by atoms with Gasteiger partial charge in [-0.15, -0.1) is 0 Å². The minimum atomic E-state index is -1.55. The van der Waals surface area contributed by atoms with E-state index in [1.165, 1.54) is 6.92 Å². The van der Waals surface area contributed by atoms with E-state index in [2.05, 4.69) is 4.98 Å². The molecule has 0 aliphatic heterocycles. The number of nitrogens with zero attached hydrogens (tertiary/aromatic N) is 2. The molecule has 0 aliphatic carbocycles. The lowest BCUT2D eigenvalue weighted by Gasteiger charge is -2.19. The lowest BCUT2D eigenvalue weighted by atomic mass is 10.0. The number of carboxylic acids is 1. The fourth-order valence-corrected chi connectivity index (χ4v) is 3.26. The molecule has 3 rings (SSSR count). The van der Waals surface area contributed by atoms with E-state index >= 15 is 0 Å². The SMILES string of the molecule is CCc1c(C(=O)O)c(=O)c2c(C)c(F)c(Cl)nc2n1-c1ccc(F)cc1F. The van der Waals surface area contributed by atoms with Crippen LogP contribution in [0, 0.1) is 24.4 Å². The largest absolute Gasteiger partial charge is 0.477 e. The Hall–Kier alpha value is -2.87. The average molecular weight is 397 g/mol. The summed E-state index contributed by atoms with van der Waals surface area (Å²) >= 11 is 5.80. The van der Waals surface area contributed by atoms with Crippen LogP contribution in [0.15, 0.2) is 23.0 Å². The van der Waals surface area contributed by atoms with Crippen LogP contribution in [0.4, 0.5) is 13.2 Å². The molecule has 1 N–H and O–H groups in total. The van der Waals surface area contributed by atoms with Gasteiger partial charge in [-0.25, -0.2) is 22.9 Å². The molecule has 2 heterocycles. The van der Waals surface area contributed by atoms with Gasteiger partial charge < -0.3 is 5.11 Å². The molecule has 27 heavy (non-hydrogen) atoms. The molecule has 0 radical (unpaired) electrons. The first-order valence-corrected chi connectivity index (χ1v) is 8.18. The van der Waals surface area contributed by atoms with Crippen molar-refractivity contribution < 1.29 is 23.1 Å². The highest BCUT2D eigenvalue weighted by Crippen LogP contribution is 2.28. The molecule has 0 saturated heterocycles. The number of fused-ring (bicyclic) bond motifs is 1. The van der Waals surface area contributed by atoms with Gasteiger partial charge in [-0.1, -0.05) is 18.5 Å². The summed E-state index contributed by atoms with van der Waals surface area (Å²) in [5.41, 5.74) is -2.32. The molecular weight excluding hydrogens is 385 g/mol. The molecule has 9 heteroatoms. The molecular formula is C18H12ClF3N2O3. The molecule has 0 unspecified atom stereocenters. The number of halogens is 4. The van der Waals surface area contributed by atoms with Crippen LogP contribution in [-0.4, -0.2) is 20.6 Å². The summed E-state index contributed by atoms with van der Waals surface area (Å²) < 4.78 is 43.1. The number of pyridine rings is 2. The van der Waals surface area contributed by atoms with Gasteiger partial charge in [0.2, 0.25) is 5.43 Å². The molecule has 0 spiro atoms. The van der Waals surface area contributed by atoms with Crippen LogP contribution >= 0.6 is 11.6 Å². The maximum Gasteiger partial charge on any atom is 0.341 e. The monoisotopic (exact) mass is 396 g/mol. The molecule has 0 atom stereocenters. The number of rotatable bonds is 3. The fourth-order valence-electron chi connectivity index (χ4n) is 3.04. The van der Waals surface area contributed by atoms with E-state index in [1.807, 2.05) is 0 Å². The van der Waals surface area contributed by atoms with Crippen LogP contribution in [0.1, 0.15) is 28.5 Å². The Bertz CT molecular complexity index is 1180. The molecule has 0 amide bonds. The highest BCUT2D eigenvalue weighted by molar-refractivity contribution is 6.30. The van der Waals surface area contributed by atoms with E-state index in [-0.39, 0.29) is 34.4 Å². The van der Waals surface area contributed by atoms with Crippen molar-refractivity contribution in [2.45, 2.75) is 20.3 Å². The van der Waals surface area contributed by atoms with Crippen molar-refractivity contribution in [3.8, 4) is 5.69 Å². The number of hydrogen-bond acceptors (Lipinski definition) is 3. The number of aromatic carboxylic acids is 1. The topological polar surface area (TPSA) is 72.2 Å². The van der Waals surface area contributed by atoms with Crippen molar-refractivity contribution in [2.24, 2.45) is 0 Å². The lowest BCUT2D eigenvalue weighted by Crippen LogP contribution is -2.25. The highest BCUT2D eigenvalue weighted by Gasteiger charge is 2.26. The van der Waals surface area contributed by atoms with Crippen molar-refractivity contribution in [1.29, 1.82) is 0 Å².